The second-order valence-electron chi connectivity index (χ2n) is 3.81. The zero-order valence-corrected chi connectivity index (χ0v) is 12.7. The van der Waals surface area contributed by atoms with Gasteiger partial charge in [-0.25, -0.2) is 0 Å². The summed E-state index contributed by atoms with van der Waals surface area (Å²) in [4.78, 5) is 12.1. The summed E-state index contributed by atoms with van der Waals surface area (Å²) < 4.78 is 0.822. The number of amides is 1. The fourth-order valence-electron chi connectivity index (χ4n) is 1.47. The van der Waals surface area contributed by atoms with Crippen LogP contribution >= 0.6 is 39.1 Å². The molecule has 0 aliphatic rings. The number of hydrogen-bond acceptors (Lipinski definition) is 2. The number of rotatable bonds is 2. The minimum absolute atomic E-state index is 0.302. The highest BCUT2D eigenvalue weighted by Gasteiger charge is 2.10. The summed E-state index contributed by atoms with van der Waals surface area (Å²) in [6.45, 7) is 0. The van der Waals surface area contributed by atoms with Crippen LogP contribution in [0.2, 0.25) is 10.0 Å². The van der Waals surface area contributed by atoms with E-state index in [1.807, 2.05) is 0 Å². The number of nitrogens with two attached hydrogens (primary N) is 1. The van der Waals surface area contributed by atoms with Crippen molar-refractivity contribution in [1.82, 2.24) is 0 Å². The Morgan fingerprint density at radius 3 is 2.47 bits per heavy atom. The molecule has 3 nitrogen and oxygen atoms in total. The molecule has 0 heterocycles. The number of carbonyl (C=O) groups is 1. The van der Waals surface area contributed by atoms with Crippen LogP contribution in [0.15, 0.2) is 40.9 Å². The van der Waals surface area contributed by atoms with Gasteiger partial charge in [-0.1, -0.05) is 39.1 Å². The van der Waals surface area contributed by atoms with Gasteiger partial charge in [0.2, 0.25) is 0 Å². The second kappa shape index (κ2) is 5.82. The van der Waals surface area contributed by atoms with Crippen LogP contribution < -0.4 is 11.1 Å². The highest BCUT2D eigenvalue weighted by molar-refractivity contribution is 9.10. The van der Waals surface area contributed by atoms with Gasteiger partial charge in [0.25, 0.3) is 5.91 Å². The third-order valence-corrected chi connectivity index (χ3v) is 3.60. The molecule has 2 aromatic carbocycles. The van der Waals surface area contributed by atoms with Gasteiger partial charge in [0.15, 0.2) is 0 Å². The predicted octanol–water partition coefficient (Wildman–Crippen LogP) is 4.59. The van der Waals surface area contributed by atoms with Crippen molar-refractivity contribution >= 4 is 56.4 Å². The van der Waals surface area contributed by atoms with Crippen LogP contribution in [0.4, 0.5) is 11.4 Å². The third-order valence-electron chi connectivity index (χ3n) is 2.43. The average Bonchev–Trinajstić information content (AvgIpc) is 2.37. The quantitative estimate of drug-likeness (QED) is 0.770. The van der Waals surface area contributed by atoms with Gasteiger partial charge in [-0.15, -0.1) is 0 Å². The summed E-state index contributed by atoms with van der Waals surface area (Å²) in [5.41, 5.74) is 6.95. The maximum Gasteiger partial charge on any atom is 0.255 e. The van der Waals surface area contributed by atoms with Crippen LogP contribution in [0, 0.1) is 0 Å². The van der Waals surface area contributed by atoms with Crippen LogP contribution in [0.3, 0.4) is 0 Å². The Hall–Kier alpha value is -1.23. The minimum atomic E-state index is -0.302. The summed E-state index contributed by atoms with van der Waals surface area (Å²) in [6, 6.07) is 9.90. The molecule has 0 bridgehead atoms. The molecule has 0 aliphatic carbocycles. The molecule has 6 heteroatoms. The van der Waals surface area contributed by atoms with E-state index in [1.165, 1.54) is 6.07 Å². The standard InChI is InChI=1S/C13H9BrCl2N2O/c14-8-2-4-10(16)12(6-8)18-13(19)7-1-3-9(15)11(17)5-7/h1-6H,17H2,(H,18,19). The SMILES string of the molecule is Nc1cc(C(=O)Nc2cc(Br)ccc2Cl)ccc1Cl. The molecule has 19 heavy (non-hydrogen) atoms. The van der Waals surface area contributed by atoms with E-state index in [9.17, 15) is 4.79 Å². The molecule has 3 N–H and O–H groups in total. The van der Waals surface area contributed by atoms with Crippen molar-refractivity contribution < 1.29 is 4.79 Å². The molecule has 0 aromatic heterocycles. The van der Waals surface area contributed by atoms with E-state index >= 15 is 0 Å². The molecule has 2 rings (SSSR count). The normalized spacial score (nSPS) is 10.3. The molecular weight excluding hydrogens is 351 g/mol. The summed E-state index contributed by atoms with van der Waals surface area (Å²) in [5, 5.41) is 3.59. The predicted molar refractivity (Wildman–Crippen MR) is 83.0 cm³/mol. The first kappa shape index (κ1) is 14.2. The highest BCUT2D eigenvalue weighted by Crippen LogP contribution is 2.27. The summed E-state index contributed by atoms with van der Waals surface area (Å²) in [6.07, 6.45) is 0. The summed E-state index contributed by atoms with van der Waals surface area (Å²) in [7, 11) is 0. The van der Waals surface area contributed by atoms with Gasteiger partial charge < -0.3 is 11.1 Å². The molecule has 0 saturated heterocycles. The molecule has 0 fully saturated rings. The van der Waals surface area contributed by atoms with Crippen molar-refractivity contribution in [3.8, 4) is 0 Å². The molecular formula is C13H9BrCl2N2O. The van der Waals surface area contributed by atoms with E-state index < -0.39 is 0 Å². The Kier molecular flexibility index (Phi) is 4.34. The van der Waals surface area contributed by atoms with Crippen molar-refractivity contribution in [3.63, 3.8) is 0 Å². The van der Waals surface area contributed by atoms with Crippen LogP contribution in [0.1, 0.15) is 10.4 Å². The minimum Gasteiger partial charge on any atom is -0.398 e. The Morgan fingerprint density at radius 2 is 1.79 bits per heavy atom. The Labute approximate surface area is 128 Å². The number of halogens is 3. The molecule has 1 amide bonds. The molecule has 0 unspecified atom stereocenters. The lowest BCUT2D eigenvalue weighted by Gasteiger charge is -2.08. The van der Waals surface area contributed by atoms with Gasteiger partial charge in [0, 0.05) is 10.0 Å². The van der Waals surface area contributed by atoms with Crippen LogP contribution in [0.25, 0.3) is 0 Å². The number of carbonyl (C=O) groups excluding carboxylic acids is 1. The van der Waals surface area contributed by atoms with Crippen molar-refractivity contribution in [3.05, 3.63) is 56.5 Å². The van der Waals surface area contributed by atoms with Gasteiger partial charge in [0.1, 0.15) is 0 Å². The molecule has 0 atom stereocenters. The number of benzene rings is 2. The van der Waals surface area contributed by atoms with Crippen molar-refractivity contribution in [1.29, 1.82) is 0 Å². The van der Waals surface area contributed by atoms with Gasteiger partial charge in [-0.05, 0) is 36.4 Å². The van der Waals surface area contributed by atoms with Crippen LogP contribution in [-0.4, -0.2) is 5.91 Å². The zero-order valence-electron chi connectivity index (χ0n) is 9.58. The second-order valence-corrected chi connectivity index (χ2v) is 5.54. The summed E-state index contributed by atoms with van der Waals surface area (Å²) >= 11 is 15.1. The van der Waals surface area contributed by atoms with E-state index in [0.29, 0.717) is 27.0 Å². The highest BCUT2D eigenvalue weighted by atomic mass is 79.9. The van der Waals surface area contributed by atoms with Crippen molar-refractivity contribution in [2.45, 2.75) is 0 Å². The van der Waals surface area contributed by atoms with E-state index in [1.54, 1.807) is 30.3 Å². The lowest BCUT2D eigenvalue weighted by atomic mass is 10.2. The largest absolute Gasteiger partial charge is 0.398 e. The zero-order chi connectivity index (χ0) is 14.0. The molecule has 0 spiro atoms. The molecule has 0 radical (unpaired) electrons. The number of anilines is 2. The van der Waals surface area contributed by atoms with Crippen molar-refractivity contribution in [2.75, 3.05) is 11.1 Å². The maximum absolute atomic E-state index is 12.1. The van der Waals surface area contributed by atoms with Crippen LogP contribution in [-0.2, 0) is 0 Å². The van der Waals surface area contributed by atoms with E-state index in [2.05, 4.69) is 21.2 Å². The van der Waals surface area contributed by atoms with Gasteiger partial charge in [0.05, 0.1) is 21.4 Å². The van der Waals surface area contributed by atoms with Crippen molar-refractivity contribution in [2.24, 2.45) is 0 Å². The maximum atomic E-state index is 12.1. The Bertz CT molecular complexity index is 647. The first-order valence-corrected chi connectivity index (χ1v) is 6.83. The molecule has 0 aliphatic heterocycles. The lowest BCUT2D eigenvalue weighted by molar-refractivity contribution is 0.102. The topological polar surface area (TPSA) is 55.1 Å². The Balaban J connectivity index is 2.25. The number of nitrogens with one attached hydrogen (secondary N) is 1. The molecule has 2 aromatic rings. The smallest absolute Gasteiger partial charge is 0.255 e. The first-order valence-electron chi connectivity index (χ1n) is 5.29. The lowest BCUT2D eigenvalue weighted by Crippen LogP contribution is -2.12. The fraction of sp³-hybridized carbons (Fsp3) is 0. The Morgan fingerprint density at radius 1 is 1.11 bits per heavy atom. The monoisotopic (exact) mass is 358 g/mol. The molecule has 98 valence electrons. The van der Waals surface area contributed by atoms with Crippen LogP contribution in [0.5, 0.6) is 0 Å². The molecule has 0 saturated carbocycles. The number of nitrogen functional groups attached to an aromatic ring is 1. The number of hydrogen-bond donors (Lipinski definition) is 2. The van der Waals surface area contributed by atoms with Gasteiger partial charge in [-0.3, -0.25) is 4.79 Å². The van der Waals surface area contributed by atoms with Gasteiger partial charge >= 0.3 is 0 Å². The average molecular weight is 360 g/mol. The first-order chi connectivity index (χ1) is 8.97. The fourth-order valence-corrected chi connectivity index (χ4v) is 2.12. The van der Waals surface area contributed by atoms with E-state index in [-0.39, 0.29) is 5.91 Å². The van der Waals surface area contributed by atoms with E-state index in [4.69, 9.17) is 28.9 Å². The van der Waals surface area contributed by atoms with E-state index in [0.717, 1.165) is 4.47 Å². The summed E-state index contributed by atoms with van der Waals surface area (Å²) in [5.74, 6) is -0.302. The van der Waals surface area contributed by atoms with Gasteiger partial charge in [-0.2, -0.15) is 0 Å². The third kappa shape index (κ3) is 3.41.